The molecule has 0 bridgehead atoms. The fourth-order valence-corrected chi connectivity index (χ4v) is 4.02. The molecule has 1 aromatic heterocycles. The Labute approximate surface area is 188 Å². The Morgan fingerprint density at radius 2 is 1.94 bits per heavy atom. The van der Waals surface area contributed by atoms with E-state index in [0.29, 0.717) is 46.9 Å². The van der Waals surface area contributed by atoms with Crippen molar-refractivity contribution in [2.75, 3.05) is 26.9 Å². The van der Waals surface area contributed by atoms with Gasteiger partial charge in [0, 0.05) is 25.3 Å². The van der Waals surface area contributed by atoms with Crippen LogP contribution in [0.4, 0.5) is 0 Å². The molecule has 2 heterocycles. The Kier molecular flexibility index (Phi) is 6.16. The Morgan fingerprint density at radius 3 is 2.62 bits per heavy atom. The van der Waals surface area contributed by atoms with Gasteiger partial charge in [-0.25, -0.2) is 0 Å². The molecule has 0 saturated carbocycles. The zero-order chi connectivity index (χ0) is 22.8. The van der Waals surface area contributed by atoms with Gasteiger partial charge in [0.1, 0.15) is 11.3 Å². The van der Waals surface area contributed by atoms with E-state index in [9.17, 15) is 14.4 Å². The average molecular weight is 457 g/mol. The summed E-state index contributed by atoms with van der Waals surface area (Å²) in [5, 5.41) is 0.715. The topological polar surface area (TPSA) is 112 Å². The first kappa shape index (κ1) is 21.9. The number of methoxy groups -OCH3 is 1. The molecule has 32 heavy (non-hydrogen) atoms. The van der Waals surface area contributed by atoms with Crippen LogP contribution in [0, 0.1) is 0 Å². The molecule has 3 aromatic rings. The highest BCUT2D eigenvalue weighted by Crippen LogP contribution is 2.38. The predicted octanol–water partition coefficient (Wildman–Crippen LogP) is 2.89. The summed E-state index contributed by atoms with van der Waals surface area (Å²) in [6.07, 6.45) is 0.589. The number of rotatable bonds is 8. The summed E-state index contributed by atoms with van der Waals surface area (Å²) in [6, 6.07) is 10.9. The van der Waals surface area contributed by atoms with Gasteiger partial charge in [-0.2, -0.15) is 0 Å². The number of nitrogens with two attached hydrogens (primary N) is 1. The first-order valence-electron chi connectivity index (χ1n) is 9.98. The van der Waals surface area contributed by atoms with E-state index in [-0.39, 0.29) is 29.3 Å². The van der Waals surface area contributed by atoms with Gasteiger partial charge in [-0.3, -0.25) is 14.4 Å². The van der Waals surface area contributed by atoms with E-state index in [0.717, 1.165) is 0 Å². The monoisotopic (exact) mass is 456 g/mol. The molecule has 0 radical (unpaired) electrons. The number of primary amides is 1. The number of ether oxygens (including phenoxy) is 2. The SMILES string of the molecule is COCCCN1C(=O)c2oc3ccc(Cl)cc3c(=O)c2C1c1ccc(OCC(N)=O)cc1. The summed E-state index contributed by atoms with van der Waals surface area (Å²) in [7, 11) is 1.59. The van der Waals surface area contributed by atoms with Crippen LogP contribution in [0.2, 0.25) is 5.02 Å². The first-order valence-corrected chi connectivity index (χ1v) is 10.4. The van der Waals surface area contributed by atoms with Gasteiger partial charge < -0.3 is 24.5 Å². The lowest BCUT2D eigenvalue weighted by molar-refractivity contribution is -0.119. The molecule has 4 rings (SSSR count). The van der Waals surface area contributed by atoms with Crippen molar-refractivity contribution in [3.8, 4) is 5.75 Å². The molecule has 1 aliphatic heterocycles. The average Bonchev–Trinajstić information content (AvgIpc) is 3.05. The quantitative estimate of drug-likeness (QED) is 0.521. The van der Waals surface area contributed by atoms with Crippen LogP contribution >= 0.6 is 11.6 Å². The maximum absolute atomic E-state index is 13.4. The number of benzene rings is 2. The maximum Gasteiger partial charge on any atom is 0.290 e. The third kappa shape index (κ3) is 4.06. The number of carbonyl (C=O) groups is 2. The second-order valence-corrected chi connectivity index (χ2v) is 7.82. The summed E-state index contributed by atoms with van der Waals surface area (Å²) >= 11 is 6.09. The highest BCUT2D eigenvalue weighted by Gasteiger charge is 2.42. The Balaban J connectivity index is 1.80. The van der Waals surface area contributed by atoms with E-state index in [1.54, 1.807) is 54.5 Å². The van der Waals surface area contributed by atoms with Crippen molar-refractivity contribution in [2.24, 2.45) is 5.73 Å². The number of carbonyl (C=O) groups excluding carboxylic acids is 2. The van der Waals surface area contributed by atoms with Gasteiger partial charge in [0.2, 0.25) is 5.76 Å². The van der Waals surface area contributed by atoms with Crippen LogP contribution in [-0.2, 0) is 9.53 Å². The molecule has 0 fully saturated rings. The number of amides is 2. The van der Waals surface area contributed by atoms with Gasteiger partial charge in [-0.15, -0.1) is 0 Å². The van der Waals surface area contributed by atoms with Crippen LogP contribution in [0.15, 0.2) is 51.7 Å². The minimum Gasteiger partial charge on any atom is -0.484 e. The van der Waals surface area contributed by atoms with Gasteiger partial charge in [-0.05, 0) is 42.3 Å². The minimum absolute atomic E-state index is 0.0290. The Bertz CT molecular complexity index is 1240. The van der Waals surface area contributed by atoms with Crippen LogP contribution in [0.3, 0.4) is 0 Å². The fraction of sp³-hybridized carbons (Fsp3) is 0.261. The number of hydrogen-bond acceptors (Lipinski definition) is 6. The molecule has 0 saturated heterocycles. The Morgan fingerprint density at radius 1 is 1.19 bits per heavy atom. The molecule has 1 aliphatic rings. The van der Waals surface area contributed by atoms with Crippen molar-refractivity contribution in [2.45, 2.75) is 12.5 Å². The van der Waals surface area contributed by atoms with E-state index < -0.39 is 11.9 Å². The van der Waals surface area contributed by atoms with Crippen molar-refractivity contribution in [1.82, 2.24) is 4.90 Å². The van der Waals surface area contributed by atoms with Gasteiger partial charge in [0.15, 0.2) is 12.0 Å². The number of nitrogens with zero attached hydrogens (tertiary/aromatic N) is 1. The van der Waals surface area contributed by atoms with E-state index in [4.69, 9.17) is 31.2 Å². The molecular formula is C23H21ClN2O6. The molecule has 166 valence electrons. The lowest BCUT2D eigenvalue weighted by atomic mass is 9.98. The summed E-state index contributed by atoms with van der Waals surface area (Å²) in [5.41, 5.74) is 6.09. The van der Waals surface area contributed by atoms with E-state index in [1.165, 1.54) is 0 Å². The molecular weight excluding hydrogens is 436 g/mol. The molecule has 2 amide bonds. The van der Waals surface area contributed by atoms with Gasteiger partial charge in [-0.1, -0.05) is 23.7 Å². The number of halogens is 1. The van der Waals surface area contributed by atoms with E-state index >= 15 is 0 Å². The fourth-order valence-electron chi connectivity index (χ4n) is 3.85. The smallest absolute Gasteiger partial charge is 0.290 e. The van der Waals surface area contributed by atoms with Crippen LogP contribution in [-0.4, -0.2) is 43.6 Å². The standard InChI is InChI=1S/C23H21ClN2O6/c1-30-10-2-9-26-20(13-3-6-15(7-4-13)31-12-18(25)27)19-21(28)16-11-14(24)5-8-17(16)32-22(19)23(26)29/h3-8,11,20H,2,9-10,12H2,1H3,(H2,25,27). The number of hydrogen-bond donors (Lipinski definition) is 1. The normalized spacial score (nSPS) is 15.2. The third-order valence-electron chi connectivity index (χ3n) is 5.25. The first-order chi connectivity index (χ1) is 15.4. The Hall–Kier alpha value is -3.36. The molecule has 0 aliphatic carbocycles. The van der Waals surface area contributed by atoms with E-state index in [2.05, 4.69) is 0 Å². The summed E-state index contributed by atoms with van der Waals surface area (Å²) in [5.74, 6) is -0.470. The van der Waals surface area contributed by atoms with Gasteiger partial charge in [0.25, 0.3) is 11.8 Å². The van der Waals surface area contributed by atoms with Gasteiger partial charge in [0.05, 0.1) is 17.0 Å². The minimum atomic E-state index is -0.640. The van der Waals surface area contributed by atoms with Crippen LogP contribution in [0.5, 0.6) is 5.75 Å². The second kappa shape index (κ2) is 9.02. The van der Waals surface area contributed by atoms with Crippen molar-refractivity contribution in [1.29, 1.82) is 0 Å². The zero-order valence-electron chi connectivity index (χ0n) is 17.3. The highest BCUT2D eigenvalue weighted by atomic mass is 35.5. The van der Waals surface area contributed by atoms with Crippen LogP contribution in [0.1, 0.15) is 34.1 Å². The summed E-state index contributed by atoms with van der Waals surface area (Å²) in [4.78, 5) is 39.2. The molecule has 0 spiro atoms. The summed E-state index contributed by atoms with van der Waals surface area (Å²) < 4.78 is 16.3. The van der Waals surface area contributed by atoms with Gasteiger partial charge >= 0.3 is 0 Å². The lowest BCUT2D eigenvalue weighted by Crippen LogP contribution is -2.31. The van der Waals surface area contributed by atoms with Crippen molar-refractivity contribution < 1.29 is 23.5 Å². The number of fused-ring (bicyclic) bond motifs is 2. The molecule has 8 nitrogen and oxygen atoms in total. The lowest BCUT2D eigenvalue weighted by Gasteiger charge is -2.25. The largest absolute Gasteiger partial charge is 0.484 e. The van der Waals surface area contributed by atoms with Crippen LogP contribution < -0.4 is 15.9 Å². The van der Waals surface area contributed by atoms with E-state index in [1.807, 2.05) is 0 Å². The van der Waals surface area contributed by atoms with Crippen molar-refractivity contribution in [3.63, 3.8) is 0 Å². The third-order valence-corrected chi connectivity index (χ3v) is 5.49. The predicted molar refractivity (Wildman–Crippen MR) is 118 cm³/mol. The maximum atomic E-state index is 13.4. The molecule has 2 aromatic carbocycles. The second-order valence-electron chi connectivity index (χ2n) is 7.39. The molecule has 2 N–H and O–H groups in total. The highest BCUT2D eigenvalue weighted by molar-refractivity contribution is 6.31. The summed E-state index contributed by atoms with van der Waals surface area (Å²) in [6.45, 7) is 0.591. The van der Waals surface area contributed by atoms with Crippen LogP contribution in [0.25, 0.3) is 11.0 Å². The molecule has 1 atom stereocenters. The van der Waals surface area contributed by atoms with Crippen molar-refractivity contribution >= 4 is 34.4 Å². The van der Waals surface area contributed by atoms with Crippen molar-refractivity contribution in [3.05, 3.63) is 74.6 Å². The molecule has 1 unspecified atom stereocenters. The zero-order valence-corrected chi connectivity index (χ0v) is 18.1. The molecule has 9 heteroatoms.